The minimum atomic E-state index is -0.625. The van der Waals surface area contributed by atoms with E-state index in [1.54, 1.807) is 18.3 Å². The Labute approximate surface area is 85.4 Å². The monoisotopic (exact) mass is 204 g/mol. The van der Waals surface area contributed by atoms with E-state index in [0.29, 0.717) is 5.69 Å². The molecule has 3 nitrogen and oxygen atoms in total. The third kappa shape index (κ3) is 1.74. The van der Waals surface area contributed by atoms with Crippen molar-refractivity contribution in [2.24, 2.45) is 0 Å². The highest BCUT2D eigenvalue weighted by atomic mass is 32.1. The molecule has 0 aliphatic rings. The molecule has 0 fully saturated rings. The SMILES string of the molecule is CC(O)C#Cc1ncnc2ccsc12. The van der Waals surface area contributed by atoms with Crippen LogP contribution in [0, 0.1) is 11.8 Å². The Balaban J connectivity index is 2.53. The maximum absolute atomic E-state index is 9.02. The Bertz CT molecular complexity index is 507. The number of aromatic nitrogens is 2. The van der Waals surface area contributed by atoms with E-state index >= 15 is 0 Å². The molecule has 2 heterocycles. The molecule has 2 aromatic rings. The molecule has 0 saturated carbocycles. The van der Waals surface area contributed by atoms with E-state index in [1.807, 2.05) is 11.4 Å². The molecule has 0 aromatic carbocycles. The second kappa shape index (κ2) is 3.74. The van der Waals surface area contributed by atoms with Gasteiger partial charge < -0.3 is 5.11 Å². The number of hydrogen-bond donors (Lipinski definition) is 1. The number of nitrogens with zero attached hydrogens (tertiary/aromatic N) is 2. The minimum absolute atomic E-state index is 0.625. The molecule has 0 saturated heterocycles. The molecule has 0 amide bonds. The zero-order valence-electron chi connectivity index (χ0n) is 7.56. The highest BCUT2D eigenvalue weighted by molar-refractivity contribution is 7.17. The normalized spacial score (nSPS) is 12.1. The van der Waals surface area contributed by atoms with Crippen LogP contribution in [0.25, 0.3) is 10.2 Å². The van der Waals surface area contributed by atoms with Crippen LogP contribution in [-0.4, -0.2) is 21.2 Å². The standard InChI is InChI=1S/C10H8N2OS/c1-7(13)2-3-8-10-9(4-5-14-10)12-6-11-8/h4-7,13H,1H3. The number of aliphatic hydroxyl groups excluding tert-OH is 1. The maximum Gasteiger partial charge on any atom is 0.134 e. The van der Waals surface area contributed by atoms with Gasteiger partial charge in [-0.1, -0.05) is 5.92 Å². The van der Waals surface area contributed by atoms with Crippen molar-refractivity contribution in [3.05, 3.63) is 23.5 Å². The predicted octanol–water partition coefficient (Wildman–Crippen LogP) is 1.42. The quantitative estimate of drug-likeness (QED) is 0.660. The van der Waals surface area contributed by atoms with Gasteiger partial charge in [-0.05, 0) is 24.3 Å². The summed E-state index contributed by atoms with van der Waals surface area (Å²) >= 11 is 1.56. The van der Waals surface area contributed by atoms with Crippen LogP contribution >= 0.6 is 11.3 Å². The average Bonchev–Trinajstić information content (AvgIpc) is 2.62. The lowest BCUT2D eigenvalue weighted by Gasteiger charge is -1.92. The first-order chi connectivity index (χ1) is 6.77. The summed E-state index contributed by atoms with van der Waals surface area (Å²) in [5.74, 6) is 5.50. The van der Waals surface area contributed by atoms with Gasteiger partial charge in [-0.25, -0.2) is 9.97 Å². The second-order valence-corrected chi connectivity index (χ2v) is 3.72. The van der Waals surface area contributed by atoms with Crippen molar-refractivity contribution in [2.45, 2.75) is 13.0 Å². The van der Waals surface area contributed by atoms with E-state index in [0.717, 1.165) is 10.2 Å². The third-order valence-electron chi connectivity index (χ3n) is 1.64. The minimum Gasteiger partial charge on any atom is -0.381 e. The lowest BCUT2D eigenvalue weighted by Crippen LogP contribution is -1.93. The summed E-state index contributed by atoms with van der Waals surface area (Å²) in [4.78, 5) is 8.16. The molecule has 0 aliphatic heterocycles. The van der Waals surface area contributed by atoms with E-state index in [2.05, 4.69) is 21.8 Å². The molecular weight excluding hydrogens is 196 g/mol. The highest BCUT2D eigenvalue weighted by Crippen LogP contribution is 2.20. The summed E-state index contributed by atoms with van der Waals surface area (Å²) in [6, 6.07) is 1.93. The zero-order chi connectivity index (χ0) is 9.97. The fourth-order valence-electron chi connectivity index (χ4n) is 1.05. The van der Waals surface area contributed by atoms with E-state index in [-0.39, 0.29) is 0 Å². The van der Waals surface area contributed by atoms with Gasteiger partial charge in [-0.15, -0.1) is 11.3 Å². The van der Waals surface area contributed by atoms with E-state index < -0.39 is 6.10 Å². The van der Waals surface area contributed by atoms with Crippen LogP contribution in [0.3, 0.4) is 0 Å². The van der Waals surface area contributed by atoms with Crippen LogP contribution < -0.4 is 0 Å². The summed E-state index contributed by atoms with van der Waals surface area (Å²) in [6.07, 6.45) is 0.862. The molecule has 4 heteroatoms. The van der Waals surface area contributed by atoms with Gasteiger partial charge in [0.2, 0.25) is 0 Å². The molecule has 0 radical (unpaired) electrons. The topological polar surface area (TPSA) is 46.0 Å². The summed E-state index contributed by atoms with van der Waals surface area (Å²) < 4.78 is 0.973. The zero-order valence-corrected chi connectivity index (χ0v) is 8.38. The first kappa shape index (κ1) is 9.13. The lowest BCUT2D eigenvalue weighted by atomic mass is 10.3. The Morgan fingerprint density at radius 1 is 1.50 bits per heavy atom. The summed E-state index contributed by atoms with van der Waals surface area (Å²) in [7, 11) is 0. The van der Waals surface area contributed by atoms with Gasteiger partial charge in [0.25, 0.3) is 0 Å². The molecule has 14 heavy (non-hydrogen) atoms. The fourth-order valence-corrected chi connectivity index (χ4v) is 1.84. The van der Waals surface area contributed by atoms with Crippen molar-refractivity contribution in [3.63, 3.8) is 0 Å². The van der Waals surface area contributed by atoms with Crippen molar-refractivity contribution in [2.75, 3.05) is 0 Å². The highest BCUT2D eigenvalue weighted by Gasteiger charge is 2.01. The molecule has 1 atom stereocenters. The molecule has 0 spiro atoms. The average molecular weight is 204 g/mol. The van der Waals surface area contributed by atoms with Gasteiger partial charge in [0.05, 0.1) is 10.2 Å². The molecule has 1 N–H and O–H groups in total. The summed E-state index contributed by atoms with van der Waals surface area (Å²) in [5, 5.41) is 11.0. The Morgan fingerprint density at radius 2 is 2.36 bits per heavy atom. The molecular formula is C10H8N2OS. The van der Waals surface area contributed by atoms with Gasteiger partial charge in [0.15, 0.2) is 0 Å². The molecule has 0 bridgehead atoms. The van der Waals surface area contributed by atoms with Crippen LogP contribution in [0.5, 0.6) is 0 Å². The van der Waals surface area contributed by atoms with Crippen molar-refractivity contribution >= 4 is 21.6 Å². The maximum atomic E-state index is 9.02. The van der Waals surface area contributed by atoms with Crippen molar-refractivity contribution < 1.29 is 5.11 Å². The first-order valence-electron chi connectivity index (χ1n) is 4.15. The smallest absolute Gasteiger partial charge is 0.134 e. The second-order valence-electron chi connectivity index (χ2n) is 2.80. The molecule has 2 aromatic heterocycles. The number of fused-ring (bicyclic) bond motifs is 1. The van der Waals surface area contributed by atoms with E-state index in [4.69, 9.17) is 5.11 Å². The lowest BCUT2D eigenvalue weighted by molar-refractivity contribution is 0.253. The van der Waals surface area contributed by atoms with Gasteiger partial charge >= 0.3 is 0 Å². The summed E-state index contributed by atoms with van der Waals surface area (Å²) in [6.45, 7) is 1.62. The molecule has 1 unspecified atom stereocenters. The van der Waals surface area contributed by atoms with E-state index in [9.17, 15) is 0 Å². The Morgan fingerprint density at radius 3 is 3.14 bits per heavy atom. The van der Waals surface area contributed by atoms with Crippen LogP contribution in [0.15, 0.2) is 17.8 Å². The number of rotatable bonds is 0. The summed E-state index contributed by atoms with van der Waals surface area (Å²) in [5.41, 5.74) is 1.59. The number of thiophene rings is 1. The molecule has 70 valence electrons. The van der Waals surface area contributed by atoms with Gasteiger partial charge in [-0.2, -0.15) is 0 Å². The van der Waals surface area contributed by atoms with Crippen molar-refractivity contribution in [1.82, 2.24) is 9.97 Å². The molecule has 2 rings (SSSR count). The largest absolute Gasteiger partial charge is 0.381 e. The Hall–Kier alpha value is -1.44. The van der Waals surface area contributed by atoms with Crippen LogP contribution in [0.2, 0.25) is 0 Å². The van der Waals surface area contributed by atoms with Crippen molar-refractivity contribution in [1.29, 1.82) is 0 Å². The number of hydrogen-bond acceptors (Lipinski definition) is 4. The first-order valence-corrected chi connectivity index (χ1v) is 5.03. The van der Waals surface area contributed by atoms with E-state index in [1.165, 1.54) is 6.33 Å². The van der Waals surface area contributed by atoms with Gasteiger partial charge in [-0.3, -0.25) is 0 Å². The Kier molecular flexibility index (Phi) is 2.44. The predicted molar refractivity (Wildman–Crippen MR) is 56.0 cm³/mol. The van der Waals surface area contributed by atoms with Crippen LogP contribution in [0.1, 0.15) is 12.6 Å². The fraction of sp³-hybridized carbons (Fsp3) is 0.200. The van der Waals surface area contributed by atoms with Gasteiger partial charge in [0.1, 0.15) is 18.1 Å². The molecule has 0 aliphatic carbocycles. The van der Waals surface area contributed by atoms with Crippen LogP contribution in [-0.2, 0) is 0 Å². The van der Waals surface area contributed by atoms with Crippen molar-refractivity contribution in [3.8, 4) is 11.8 Å². The third-order valence-corrected chi connectivity index (χ3v) is 2.55. The van der Waals surface area contributed by atoms with Crippen LogP contribution in [0.4, 0.5) is 0 Å². The number of aliphatic hydroxyl groups is 1. The van der Waals surface area contributed by atoms with Gasteiger partial charge in [0, 0.05) is 0 Å².